The number of hydrogen-bond acceptors (Lipinski definition) is 5. The summed E-state index contributed by atoms with van der Waals surface area (Å²) in [5.74, 6) is -0.204. The van der Waals surface area contributed by atoms with Gasteiger partial charge < -0.3 is 4.42 Å². The number of rotatable bonds is 4. The van der Waals surface area contributed by atoms with Crippen molar-refractivity contribution in [2.45, 2.75) is 0 Å². The van der Waals surface area contributed by atoms with E-state index in [1.807, 2.05) is 30.3 Å². The third kappa shape index (κ3) is 3.10. The van der Waals surface area contributed by atoms with Gasteiger partial charge in [-0.05, 0) is 36.4 Å². The Morgan fingerprint density at radius 3 is 2.60 bits per heavy atom. The van der Waals surface area contributed by atoms with E-state index in [1.54, 1.807) is 29.1 Å². The van der Waals surface area contributed by atoms with Crippen LogP contribution in [-0.4, -0.2) is 24.5 Å². The van der Waals surface area contributed by atoms with Crippen LogP contribution in [0.3, 0.4) is 0 Å². The van der Waals surface area contributed by atoms with Gasteiger partial charge in [-0.2, -0.15) is 10.2 Å². The second-order valence-electron chi connectivity index (χ2n) is 6.44. The summed E-state index contributed by atoms with van der Waals surface area (Å²) >= 11 is 0. The monoisotopic (exact) mass is 399 g/mol. The second kappa shape index (κ2) is 7.25. The van der Waals surface area contributed by atoms with Gasteiger partial charge in [0, 0.05) is 17.8 Å². The summed E-state index contributed by atoms with van der Waals surface area (Å²) < 4.78 is 23.0. The molecule has 0 aliphatic rings. The highest BCUT2D eigenvalue weighted by molar-refractivity contribution is 5.58. The highest BCUT2D eigenvalue weighted by Gasteiger charge is 2.15. The molecule has 0 amide bonds. The topological polar surface area (TPSA) is 78.7 Å². The molecule has 0 atom stereocenters. The van der Waals surface area contributed by atoms with Crippen LogP contribution in [0.2, 0.25) is 0 Å². The van der Waals surface area contributed by atoms with Gasteiger partial charge in [0.2, 0.25) is 11.3 Å². The van der Waals surface area contributed by atoms with Crippen LogP contribution in [0.1, 0.15) is 0 Å². The van der Waals surface area contributed by atoms with Crippen molar-refractivity contribution in [3.05, 3.63) is 102 Å². The lowest BCUT2D eigenvalue weighted by atomic mass is 10.2. The van der Waals surface area contributed by atoms with E-state index in [4.69, 9.17) is 4.42 Å². The average Bonchev–Trinajstić information content (AvgIpc) is 3.47. The predicted octanol–water partition coefficient (Wildman–Crippen LogP) is 3.88. The van der Waals surface area contributed by atoms with E-state index in [0.29, 0.717) is 17.1 Å². The van der Waals surface area contributed by atoms with Crippen LogP contribution in [0, 0.1) is 5.82 Å². The summed E-state index contributed by atoms with van der Waals surface area (Å²) in [6.07, 6.45) is 5.93. The Balaban J connectivity index is 1.59. The molecule has 30 heavy (non-hydrogen) atoms. The highest BCUT2D eigenvalue weighted by Crippen LogP contribution is 2.23. The van der Waals surface area contributed by atoms with Crippen molar-refractivity contribution in [1.82, 2.24) is 24.5 Å². The Morgan fingerprint density at radius 1 is 0.967 bits per heavy atom. The van der Waals surface area contributed by atoms with Gasteiger partial charge in [-0.15, -0.1) is 0 Å². The lowest BCUT2D eigenvalue weighted by molar-refractivity contribution is 0.571. The molecule has 0 aliphatic carbocycles. The van der Waals surface area contributed by atoms with E-state index in [1.165, 1.54) is 35.5 Å². The number of halogens is 1. The molecule has 0 spiro atoms. The van der Waals surface area contributed by atoms with Crippen molar-refractivity contribution in [2.75, 3.05) is 0 Å². The largest absolute Gasteiger partial charge is 0.445 e. The fourth-order valence-electron chi connectivity index (χ4n) is 3.17. The van der Waals surface area contributed by atoms with Crippen molar-refractivity contribution in [3.63, 3.8) is 0 Å². The van der Waals surface area contributed by atoms with Crippen LogP contribution in [0.4, 0.5) is 4.39 Å². The molecular weight excluding hydrogens is 385 g/mol. The van der Waals surface area contributed by atoms with Crippen LogP contribution >= 0.6 is 0 Å². The smallest absolute Gasteiger partial charge is 0.225 e. The van der Waals surface area contributed by atoms with Crippen LogP contribution in [0.15, 0.2) is 94.7 Å². The van der Waals surface area contributed by atoms with E-state index in [-0.39, 0.29) is 16.8 Å². The van der Waals surface area contributed by atoms with Gasteiger partial charge in [0.1, 0.15) is 17.8 Å². The van der Waals surface area contributed by atoms with Gasteiger partial charge in [0.25, 0.3) is 0 Å². The van der Waals surface area contributed by atoms with Gasteiger partial charge in [-0.1, -0.05) is 18.2 Å². The first kappa shape index (κ1) is 17.7. The molecule has 0 saturated carbocycles. The lowest BCUT2D eigenvalue weighted by Crippen LogP contribution is -2.15. The van der Waals surface area contributed by atoms with Gasteiger partial charge >= 0.3 is 0 Å². The number of oxazole rings is 1. The summed E-state index contributed by atoms with van der Waals surface area (Å²) in [5, 5.41) is 8.69. The molecule has 5 rings (SSSR count). The number of nitrogens with zero attached hydrogens (tertiary/aromatic N) is 5. The van der Waals surface area contributed by atoms with Gasteiger partial charge in [-0.3, -0.25) is 4.79 Å². The van der Waals surface area contributed by atoms with E-state index >= 15 is 0 Å². The average molecular weight is 399 g/mol. The fraction of sp³-hybridized carbons (Fsp3) is 0. The zero-order chi connectivity index (χ0) is 20.5. The standard InChI is InChI=1S/C22H14FN5O2/c23-17-14-15(22-24-11-13-30-22)6-7-18(17)27-12-9-20(29)21(26-27)19-8-10-25-28(19)16-4-2-1-3-5-16/h1-14H. The van der Waals surface area contributed by atoms with Crippen molar-refractivity contribution < 1.29 is 8.81 Å². The molecule has 8 heteroatoms. The summed E-state index contributed by atoms with van der Waals surface area (Å²) in [5.41, 5.74) is 1.87. The molecule has 5 aromatic rings. The summed E-state index contributed by atoms with van der Waals surface area (Å²) in [7, 11) is 0. The second-order valence-corrected chi connectivity index (χ2v) is 6.44. The zero-order valence-electron chi connectivity index (χ0n) is 15.5. The van der Waals surface area contributed by atoms with Crippen molar-refractivity contribution >= 4 is 0 Å². The molecule has 7 nitrogen and oxygen atoms in total. The molecule has 0 aliphatic heterocycles. The van der Waals surface area contributed by atoms with Crippen molar-refractivity contribution in [1.29, 1.82) is 0 Å². The lowest BCUT2D eigenvalue weighted by Gasteiger charge is -2.10. The molecule has 146 valence electrons. The molecule has 0 radical (unpaired) electrons. The van der Waals surface area contributed by atoms with E-state index in [9.17, 15) is 9.18 Å². The summed E-state index contributed by atoms with van der Waals surface area (Å²) in [4.78, 5) is 16.6. The molecule has 3 aromatic heterocycles. The minimum atomic E-state index is -0.524. The van der Waals surface area contributed by atoms with Crippen LogP contribution in [0.25, 0.3) is 34.2 Å². The molecule has 0 saturated heterocycles. The maximum Gasteiger partial charge on any atom is 0.225 e. The van der Waals surface area contributed by atoms with Gasteiger partial charge in [-0.25, -0.2) is 18.7 Å². The number of para-hydroxylation sites is 1. The van der Waals surface area contributed by atoms with Crippen LogP contribution in [0.5, 0.6) is 0 Å². The molecule has 3 heterocycles. The summed E-state index contributed by atoms with van der Waals surface area (Å²) in [6.45, 7) is 0. The Hall–Kier alpha value is -4.33. The maximum absolute atomic E-state index is 14.8. The maximum atomic E-state index is 14.8. The third-order valence-corrected chi connectivity index (χ3v) is 4.57. The number of hydrogen-bond donors (Lipinski definition) is 0. The SMILES string of the molecule is O=c1ccn(-c2ccc(-c3ncco3)cc2F)nc1-c1ccnn1-c1ccccc1. The zero-order valence-corrected chi connectivity index (χ0v) is 15.5. The number of benzene rings is 2. The number of aromatic nitrogens is 5. The van der Waals surface area contributed by atoms with Crippen LogP contribution in [-0.2, 0) is 0 Å². The fourth-order valence-corrected chi connectivity index (χ4v) is 3.17. The van der Waals surface area contributed by atoms with Crippen molar-refractivity contribution in [3.8, 4) is 34.2 Å². The molecule has 2 aromatic carbocycles. The Morgan fingerprint density at radius 2 is 1.83 bits per heavy atom. The Kier molecular flexibility index (Phi) is 4.29. The summed E-state index contributed by atoms with van der Waals surface area (Å²) in [6, 6.07) is 17.0. The highest BCUT2D eigenvalue weighted by atomic mass is 19.1. The molecule has 0 fully saturated rings. The van der Waals surface area contributed by atoms with E-state index < -0.39 is 5.82 Å². The molecule has 0 bridgehead atoms. The Labute approximate surface area is 169 Å². The Bertz CT molecular complexity index is 1370. The first-order valence-electron chi connectivity index (χ1n) is 9.10. The van der Waals surface area contributed by atoms with E-state index in [0.717, 1.165) is 5.69 Å². The molecule has 0 unspecified atom stereocenters. The van der Waals surface area contributed by atoms with Gasteiger partial charge in [0.05, 0.1) is 23.8 Å². The molecule has 0 N–H and O–H groups in total. The first-order valence-corrected chi connectivity index (χ1v) is 9.10. The quantitative estimate of drug-likeness (QED) is 0.458. The third-order valence-electron chi connectivity index (χ3n) is 4.57. The first-order chi connectivity index (χ1) is 14.7. The molecular formula is C22H14FN5O2. The van der Waals surface area contributed by atoms with Crippen molar-refractivity contribution in [2.24, 2.45) is 0 Å². The van der Waals surface area contributed by atoms with Crippen LogP contribution < -0.4 is 5.43 Å². The van der Waals surface area contributed by atoms with E-state index in [2.05, 4.69) is 15.2 Å². The normalized spacial score (nSPS) is 11.0. The minimum absolute atomic E-state index is 0.162. The van der Waals surface area contributed by atoms with Gasteiger partial charge in [0.15, 0.2) is 5.69 Å². The minimum Gasteiger partial charge on any atom is -0.445 e. The predicted molar refractivity (Wildman–Crippen MR) is 108 cm³/mol.